The lowest BCUT2D eigenvalue weighted by Gasteiger charge is -2.17. The molecule has 9 heteroatoms. The molecule has 0 fully saturated rings. The summed E-state index contributed by atoms with van der Waals surface area (Å²) < 4.78 is 13.5. The summed E-state index contributed by atoms with van der Waals surface area (Å²) in [7, 11) is 0. The summed E-state index contributed by atoms with van der Waals surface area (Å²) in [5, 5.41) is 15.2. The number of nitriles is 1. The number of amides is 2. The van der Waals surface area contributed by atoms with Crippen LogP contribution in [0.5, 0.6) is 0 Å². The lowest BCUT2D eigenvalue weighted by Crippen LogP contribution is -2.45. The molecule has 0 bridgehead atoms. The lowest BCUT2D eigenvalue weighted by atomic mass is 10.0. The van der Waals surface area contributed by atoms with Gasteiger partial charge in [-0.3, -0.25) is 9.59 Å². The van der Waals surface area contributed by atoms with Crippen LogP contribution in [-0.4, -0.2) is 35.9 Å². The highest BCUT2D eigenvalue weighted by Crippen LogP contribution is 2.25. The number of rotatable bonds is 10. The van der Waals surface area contributed by atoms with E-state index in [1.54, 1.807) is 48.5 Å². The molecular weight excluding hydrogens is 435 g/mol. The minimum Gasteiger partial charge on any atom is -0.369 e. The van der Waals surface area contributed by atoms with Crippen molar-refractivity contribution >= 4 is 17.6 Å². The number of benzene rings is 2. The maximum Gasteiger partial charge on any atom is 0.255 e. The molecule has 34 heavy (non-hydrogen) atoms. The third kappa shape index (κ3) is 6.15. The average molecular weight is 461 g/mol. The molecular formula is C25H25FN6O2. The molecule has 2 aromatic carbocycles. The predicted molar refractivity (Wildman–Crippen MR) is 127 cm³/mol. The third-order valence-electron chi connectivity index (χ3n) is 5.16. The second-order valence-electron chi connectivity index (χ2n) is 7.56. The second kappa shape index (κ2) is 11.5. The van der Waals surface area contributed by atoms with E-state index < -0.39 is 17.9 Å². The summed E-state index contributed by atoms with van der Waals surface area (Å²) in [4.78, 5) is 29.2. The van der Waals surface area contributed by atoms with Gasteiger partial charge in [-0.2, -0.15) is 5.26 Å². The fourth-order valence-electron chi connectivity index (χ4n) is 3.44. The summed E-state index contributed by atoms with van der Waals surface area (Å²) in [6.07, 6.45) is 0.682. The van der Waals surface area contributed by atoms with Crippen molar-refractivity contribution in [1.82, 2.24) is 10.3 Å². The standard InChI is InChI=1S/C25H25FN6O2/c26-18-6-3-4-16(14-18)11-13-30-24-20(25(34)32-22(10-12-27)23(29)33)8-9-21(31-24)19-7-2-1-5-17(19)15-28/h1-9,14,22H,10-13,27H2,(H2,29,33)(H,30,31)(H,32,34). The summed E-state index contributed by atoms with van der Waals surface area (Å²) in [6.45, 7) is 0.539. The molecule has 8 nitrogen and oxygen atoms in total. The van der Waals surface area contributed by atoms with Crippen LogP contribution in [0.25, 0.3) is 11.3 Å². The number of nitrogens with zero attached hydrogens (tertiary/aromatic N) is 2. The first-order chi connectivity index (χ1) is 16.4. The SMILES string of the molecule is N#Cc1ccccc1-c1ccc(C(=O)NC(CCN)C(N)=O)c(NCCc2cccc(F)c2)n1. The van der Waals surface area contributed by atoms with Crippen LogP contribution in [0.1, 0.15) is 27.9 Å². The van der Waals surface area contributed by atoms with E-state index in [4.69, 9.17) is 11.5 Å². The Balaban J connectivity index is 1.91. The van der Waals surface area contributed by atoms with Crippen LogP contribution in [0.4, 0.5) is 10.2 Å². The number of nitrogens with two attached hydrogens (primary N) is 2. The highest BCUT2D eigenvalue weighted by molar-refractivity contribution is 6.01. The van der Waals surface area contributed by atoms with E-state index in [1.807, 2.05) is 0 Å². The van der Waals surface area contributed by atoms with E-state index in [-0.39, 0.29) is 30.2 Å². The normalized spacial score (nSPS) is 11.3. The molecule has 0 spiro atoms. The van der Waals surface area contributed by atoms with Gasteiger partial charge in [-0.15, -0.1) is 0 Å². The van der Waals surface area contributed by atoms with Crippen LogP contribution in [0.2, 0.25) is 0 Å². The number of halogens is 1. The van der Waals surface area contributed by atoms with Crippen molar-refractivity contribution < 1.29 is 14.0 Å². The van der Waals surface area contributed by atoms with E-state index in [0.717, 1.165) is 5.56 Å². The molecule has 3 rings (SSSR count). The predicted octanol–water partition coefficient (Wildman–Crippen LogP) is 2.35. The smallest absolute Gasteiger partial charge is 0.255 e. The van der Waals surface area contributed by atoms with Crippen molar-refractivity contribution in [2.45, 2.75) is 18.9 Å². The molecule has 0 saturated carbocycles. The molecule has 2 amide bonds. The van der Waals surface area contributed by atoms with Gasteiger partial charge in [0.25, 0.3) is 5.91 Å². The number of aromatic nitrogens is 1. The molecule has 1 heterocycles. The van der Waals surface area contributed by atoms with Gasteiger partial charge in [0.15, 0.2) is 0 Å². The zero-order chi connectivity index (χ0) is 24.5. The van der Waals surface area contributed by atoms with Crippen LogP contribution in [0, 0.1) is 17.1 Å². The maximum atomic E-state index is 13.5. The van der Waals surface area contributed by atoms with Gasteiger partial charge >= 0.3 is 0 Å². The molecule has 1 aromatic heterocycles. The molecule has 3 aromatic rings. The fraction of sp³-hybridized carbons (Fsp3) is 0.200. The Labute approximate surface area is 196 Å². The number of hydrogen-bond acceptors (Lipinski definition) is 6. The van der Waals surface area contributed by atoms with Crippen molar-refractivity contribution in [3.63, 3.8) is 0 Å². The number of primary amides is 1. The van der Waals surface area contributed by atoms with Gasteiger partial charge in [-0.1, -0.05) is 30.3 Å². The lowest BCUT2D eigenvalue weighted by molar-refractivity contribution is -0.119. The molecule has 0 aliphatic heterocycles. The third-order valence-corrected chi connectivity index (χ3v) is 5.16. The van der Waals surface area contributed by atoms with Crippen LogP contribution >= 0.6 is 0 Å². The van der Waals surface area contributed by atoms with Gasteiger partial charge in [0.2, 0.25) is 5.91 Å². The van der Waals surface area contributed by atoms with E-state index in [9.17, 15) is 19.2 Å². The molecule has 0 aliphatic carbocycles. The van der Waals surface area contributed by atoms with Crippen LogP contribution < -0.4 is 22.1 Å². The van der Waals surface area contributed by atoms with E-state index in [1.165, 1.54) is 12.1 Å². The first kappa shape index (κ1) is 24.4. The number of nitrogens with one attached hydrogen (secondary N) is 2. The number of pyridine rings is 1. The van der Waals surface area contributed by atoms with Crippen LogP contribution in [-0.2, 0) is 11.2 Å². The summed E-state index contributed by atoms with van der Waals surface area (Å²) in [6, 6.07) is 17.6. The number of anilines is 1. The highest BCUT2D eigenvalue weighted by atomic mass is 19.1. The monoisotopic (exact) mass is 460 g/mol. The second-order valence-corrected chi connectivity index (χ2v) is 7.56. The Hall–Kier alpha value is -4.29. The first-order valence-electron chi connectivity index (χ1n) is 10.7. The Morgan fingerprint density at radius 2 is 1.91 bits per heavy atom. The van der Waals surface area contributed by atoms with Gasteiger partial charge < -0.3 is 22.1 Å². The quantitative estimate of drug-likeness (QED) is 0.365. The molecule has 0 radical (unpaired) electrons. The van der Waals surface area contributed by atoms with Crippen molar-refractivity contribution in [2.75, 3.05) is 18.4 Å². The maximum absolute atomic E-state index is 13.5. The highest BCUT2D eigenvalue weighted by Gasteiger charge is 2.21. The molecule has 0 saturated heterocycles. The minimum absolute atomic E-state index is 0.175. The van der Waals surface area contributed by atoms with E-state index in [0.29, 0.717) is 29.8 Å². The summed E-state index contributed by atoms with van der Waals surface area (Å²) in [5.74, 6) is -1.30. The van der Waals surface area contributed by atoms with Crippen molar-refractivity contribution in [3.8, 4) is 17.3 Å². The fourth-order valence-corrected chi connectivity index (χ4v) is 3.44. The number of hydrogen-bond donors (Lipinski definition) is 4. The largest absolute Gasteiger partial charge is 0.369 e. The average Bonchev–Trinajstić information content (AvgIpc) is 2.83. The van der Waals surface area contributed by atoms with Crippen molar-refractivity contribution in [2.24, 2.45) is 11.5 Å². The molecule has 1 unspecified atom stereocenters. The number of carbonyl (C=O) groups is 2. The van der Waals surface area contributed by atoms with Crippen molar-refractivity contribution in [3.05, 3.63) is 83.2 Å². The minimum atomic E-state index is -0.920. The summed E-state index contributed by atoms with van der Waals surface area (Å²) in [5.41, 5.74) is 13.4. The first-order valence-corrected chi connectivity index (χ1v) is 10.7. The van der Waals surface area contributed by atoms with Gasteiger partial charge in [0.1, 0.15) is 17.7 Å². The van der Waals surface area contributed by atoms with Crippen LogP contribution in [0.15, 0.2) is 60.7 Å². The molecule has 174 valence electrons. The Morgan fingerprint density at radius 1 is 1.12 bits per heavy atom. The van der Waals surface area contributed by atoms with E-state index in [2.05, 4.69) is 21.7 Å². The molecule has 1 atom stereocenters. The zero-order valence-electron chi connectivity index (χ0n) is 18.4. The van der Waals surface area contributed by atoms with Gasteiger partial charge in [-0.05, 0) is 55.3 Å². The Morgan fingerprint density at radius 3 is 2.62 bits per heavy atom. The van der Waals surface area contributed by atoms with Crippen LogP contribution in [0.3, 0.4) is 0 Å². The molecule has 6 N–H and O–H groups in total. The topological polar surface area (TPSA) is 147 Å². The van der Waals surface area contributed by atoms with Gasteiger partial charge in [0, 0.05) is 12.1 Å². The molecule has 0 aliphatic rings. The zero-order valence-corrected chi connectivity index (χ0v) is 18.4. The van der Waals surface area contributed by atoms with Gasteiger partial charge in [-0.25, -0.2) is 9.37 Å². The van der Waals surface area contributed by atoms with Gasteiger partial charge in [0.05, 0.1) is 22.9 Å². The number of carbonyl (C=O) groups excluding carboxylic acids is 2. The Kier molecular flexibility index (Phi) is 8.26. The van der Waals surface area contributed by atoms with E-state index >= 15 is 0 Å². The Bertz CT molecular complexity index is 1220. The van der Waals surface area contributed by atoms with Crippen molar-refractivity contribution in [1.29, 1.82) is 5.26 Å². The summed E-state index contributed by atoms with van der Waals surface area (Å²) >= 11 is 0.